The molecule has 0 amide bonds. The average molecular weight is 1020 g/mol. The molecule has 0 radical (unpaired) electrons. The van der Waals surface area contributed by atoms with Gasteiger partial charge < -0.3 is 54.7 Å². The second-order valence-electron chi connectivity index (χ2n) is 27.3. The zero-order valence-electron chi connectivity index (χ0n) is 43.5. The van der Waals surface area contributed by atoms with Crippen LogP contribution < -0.4 is 4.74 Å². The molecule has 15 atom stereocenters. The lowest BCUT2D eigenvalue weighted by Crippen LogP contribution is -2.72. The van der Waals surface area contributed by atoms with Crippen LogP contribution in [0.3, 0.4) is 0 Å². The van der Waals surface area contributed by atoms with Crippen molar-refractivity contribution in [2.45, 2.75) is 204 Å². The van der Waals surface area contributed by atoms with Crippen LogP contribution in [0.4, 0.5) is 0 Å². The molecular weight excluding hydrogens is 941 g/mol. The highest BCUT2D eigenvalue weighted by Crippen LogP contribution is 2.79. The van der Waals surface area contributed by atoms with Gasteiger partial charge in [-0.15, -0.1) is 0 Å². The van der Waals surface area contributed by atoms with Gasteiger partial charge >= 0.3 is 5.97 Å². The quantitative estimate of drug-likeness (QED) is 0.106. The third-order valence-corrected chi connectivity index (χ3v) is 24.3. The monoisotopic (exact) mass is 1020 g/mol. The van der Waals surface area contributed by atoms with Crippen molar-refractivity contribution in [3.05, 3.63) is 51.6 Å². The first-order chi connectivity index (χ1) is 35.5. The number of carboxylic acid groups (broad SMARTS) is 1. The number of ether oxygens (including phenoxy) is 4. The first-order valence-corrected chi connectivity index (χ1v) is 28.9. The van der Waals surface area contributed by atoms with E-state index in [9.17, 15) is 45.3 Å². The Balaban J connectivity index is 0.881. The minimum Gasteiger partial charge on any atom is -0.507 e. The van der Waals surface area contributed by atoms with Crippen molar-refractivity contribution in [3.8, 4) is 17.2 Å². The summed E-state index contributed by atoms with van der Waals surface area (Å²) < 4.78 is 28.0. The van der Waals surface area contributed by atoms with Crippen LogP contribution in [0.1, 0.15) is 181 Å². The van der Waals surface area contributed by atoms with Gasteiger partial charge in [-0.05, 0) is 204 Å². The van der Waals surface area contributed by atoms with E-state index in [1.807, 2.05) is 0 Å². The Morgan fingerprint density at radius 2 is 1.53 bits per heavy atom. The normalized spacial score (nSPS) is 44.1. The first kappa shape index (κ1) is 48.8. The Bertz CT molecular complexity index is 2780. The maximum atomic E-state index is 13.3. The van der Waals surface area contributed by atoms with E-state index >= 15 is 0 Å². The van der Waals surface area contributed by atoms with Crippen LogP contribution in [-0.4, -0.2) is 110 Å². The second kappa shape index (κ2) is 16.5. The maximum absolute atomic E-state index is 13.3. The Morgan fingerprint density at radius 3 is 2.24 bits per heavy atom. The molecule has 4 heterocycles. The van der Waals surface area contributed by atoms with Crippen LogP contribution in [0.25, 0.3) is 10.8 Å². The third kappa shape index (κ3) is 6.41. The van der Waals surface area contributed by atoms with Crippen LogP contribution in [0.5, 0.6) is 17.2 Å². The Labute approximate surface area is 434 Å². The summed E-state index contributed by atoms with van der Waals surface area (Å²) in [6, 6.07) is 2.35. The van der Waals surface area contributed by atoms with Gasteiger partial charge in [0.25, 0.3) is 0 Å². The predicted octanol–water partition coefficient (Wildman–Crippen LogP) is 9.51. The molecule has 14 rings (SSSR count). The number of benzene rings is 2. The fourth-order valence-electron chi connectivity index (χ4n) is 21.6. The van der Waals surface area contributed by atoms with E-state index in [2.05, 4.69) is 6.08 Å². The van der Waals surface area contributed by atoms with Crippen LogP contribution in [0.2, 0.25) is 0 Å². The largest absolute Gasteiger partial charge is 0.507 e. The second-order valence-corrected chi connectivity index (χ2v) is 27.3. The molecule has 2 aromatic rings. The van der Waals surface area contributed by atoms with Gasteiger partial charge in [-0.2, -0.15) is 0 Å². The number of carbonyl (C=O) groups is 2. The molecule has 7 N–H and O–H groups in total. The van der Waals surface area contributed by atoms with Gasteiger partial charge in [0, 0.05) is 35.0 Å². The van der Waals surface area contributed by atoms with Gasteiger partial charge in [0.15, 0.2) is 5.78 Å². The molecule has 12 aliphatic rings. The van der Waals surface area contributed by atoms with Crippen LogP contribution in [0, 0.1) is 63.1 Å². The molecule has 13 heteroatoms. The van der Waals surface area contributed by atoms with E-state index in [0.717, 1.165) is 31.7 Å². The van der Waals surface area contributed by atoms with Gasteiger partial charge in [-0.25, -0.2) is 4.79 Å². The standard InChI is InChI=1S/C61H78O13/c1-32-43(33(2)63)48(65)45-37(47(32)64)22-34(53(69)70)23-41(45)72-54-49(66)50(67)61-26-38-39-25-56(17-19-59(30-56)15-7-14-58(59)18-16-55(29-58)10-3-4-11-55)24-35-28-71-31-60(20-21-62,46(35)39)40-9-8-36(44(38)40)42(74-61)27-57(12-5-6-13-57)51(68)52(61)73-54/h9,22-23,35,38-39,42,46,49-52,54,62,64-68H,3-8,10-21,24-31H2,1-2H3,(H,69,70). The highest BCUT2D eigenvalue weighted by Gasteiger charge is 2.73. The van der Waals surface area contributed by atoms with Crippen molar-refractivity contribution >= 4 is 22.5 Å². The molecule has 400 valence electrons. The lowest BCUT2D eigenvalue weighted by Gasteiger charge is -2.64. The Hall–Kier alpha value is -3.56. The molecule has 7 saturated carbocycles. The molecule has 4 aliphatic heterocycles. The van der Waals surface area contributed by atoms with Crippen LogP contribution >= 0.6 is 0 Å². The number of hydrogen-bond acceptors (Lipinski definition) is 12. The topological polar surface area (TPSA) is 213 Å². The number of aliphatic hydroxyl groups excluding tert-OH is 4. The summed E-state index contributed by atoms with van der Waals surface area (Å²) in [5, 5.41) is 83.5. The number of carbonyl (C=O) groups excluding carboxylic acids is 1. The molecule has 2 bridgehead atoms. The van der Waals surface area contributed by atoms with Crippen molar-refractivity contribution in [1.82, 2.24) is 0 Å². The number of rotatable bonds is 6. The third-order valence-electron chi connectivity index (χ3n) is 24.3. The number of aliphatic hydroxyl groups is 4. The Morgan fingerprint density at radius 1 is 0.811 bits per heavy atom. The number of phenolic OH excluding ortho intramolecular Hbond substituents is 2. The van der Waals surface area contributed by atoms with Gasteiger partial charge in [-0.1, -0.05) is 38.2 Å². The van der Waals surface area contributed by atoms with Gasteiger partial charge in [0.05, 0.1) is 35.3 Å². The lowest BCUT2D eigenvalue weighted by molar-refractivity contribution is -0.339. The number of Topliss-reactive ketones (excluding diaryl/α,β-unsaturated/α-hetero) is 1. The van der Waals surface area contributed by atoms with E-state index in [-0.39, 0.29) is 68.4 Å². The van der Waals surface area contributed by atoms with Crippen molar-refractivity contribution in [2.24, 2.45) is 56.2 Å². The predicted molar refractivity (Wildman–Crippen MR) is 272 cm³/mol. The van der Waals surface area contributed by atoms with Gasteiger partial charge in [0.1, 0.15) is 41.2 Å². The summed E-state index contributed by atoms with van der Waals surface area (Å²) in [5.41, 5.74) is 2.24. The van der Waals surface area contributed by atoms with Crippen LogP contribution in [-0.2, 0) is 14.2 Å². The first-order valence-electron chi connectivity index (χ1n) is 28.9. The number of aromatic hydroxyl groups is 2. The minimum absolute atomic E-state index is 0.0571. The molecule has 3 saturated heterocycles. The Kier molecular flexibility index (Phi) is 10.9. The molecule has 0 aromatic heterocycles. The van der Waals surface area contributed by atoms with Crippen molar-refractivity contribution in [3.63, 3.8) is 0 Å². The summed E-state index contributed by atoms with van der Waals surface area (Å²) in [6.07, 6.45) is 19.6. The molecule has 6 spiro atoms. The van der Waals surface area contributed by atoms with E-state index in [4.69, 9.17) is 18.9 Å². The number of hydrogen-bond donors (Lipinski definition) is 7. The van der Waals surface area contributed by atoms with Crippen molar-refractivity contribution < 1.29 is 64.3 Å². The van der Waals surface area contributed by atoms with E-state index in [1.54, 1.807) is 0 Å². The van der Waals surface area contributed by atoms with Crippen molar-refractivity contribution in [1.29, 1.82) is 0 Å². The molecular formula is C61H78O13. The smallest absolute Gasteiger partial charge is 0.335 e. The summed E-state index contributed by atoms with van der Waals surface area (Å²) in [4.78, 5) is 25.6. The lowest BCUT2D eigenvalue weighted by atomic mass is 9.42. The SMILES string of the molecule is CC(=O)c1c(C)c(O)c2cc(C(=O)O)cc(OC3OC4C(O)C5(CCCC5)CC5OC4(CC4C6=C5CC=C6C5(CCO)COCC6CC7(CCC8(CCCC89CCC8(CCCC8)C9)C7)CC4C65)C(O)C3O)c2c1O. The number of aromatic carboxylic acids is 1. The summed E-state index contributed by atoms with van der Waals surface area (Å²) in [5.74, 6) is -2.52. The fourth-order valence-corrected chi connectivity index (χ4v) is 21.6. The summed E-state index contributed by atoms with van der Waals surface area (Å²) >= 11 is 0. The van der Waals surface area contributed by atoms with Crippen LogP contribution in [0.15, 0.2) is 34.9 Å². The van der Waals surface area contributed by atoms with Gasteiger partial charge in [0.2, 0.25) is 6.29 Å². The highest BCUT2D eigenvalue weighted by atomic mass is 16.7. The molecule has 13 nitrogen and oxygen atoms in total. The number of fused-ring (bicyclic) bond motifs is 6. The van der Waals surface area contributed by atoms with Gasteiger partial charge in [-0.3, -0.25) is 4.79 Å². The average Bonchev–Trinajstić information content (AvgIpc) is 4.26. The number of allylic oxidation sites excluding steroid dienone is 2. The number of ketones is 1. The summed E-state index contributed by atoms with van der Waals surface area (Å²) in [7, 11) is 0. The summed E-state index contributed by atoms with van der Waals surface area (Å²) in [6.45, 7) is 4.03. The molecule has 15 unspecified atom stereocenters. The highest BCUT2D eigenvalue weighted by molar-refractivity contribution is 6.11. The number of carboxylic acids is 1. The molecule has 74 heavy (non-hydrogen) atoms. The maximum Gasteiger partial charge on any atom is 0.335 e. The zero-order valence-corrected chi connectivity index (χ0v) is 43.5. The van der Waals surface area contributed by atoms with E-state index in [1.165, 1.54) is 120 Å². The fraction of sp³-hybridized carbons (Fsp3) is 0.738. The molecule has 8 aliphatic carbocycles. The minimum atomic E-state index is -1.79. The van der Waals surface area contributed by atoms with Crippen molar-refractivity contribution in [2.75, 3.05) is 19.8 Å². The van der Waals surface area contributed by atoms with E-state index in [0.29, 0.717) is 73.9 Å². The van der Waals surface area contributed by atoms with E-state index < -0.39 is 71.1 Å². The number of phenols is 2. The molecule has 2 aromatic carbocycles. The molecule has 10 fully saturated rings. The zero-order chi connectivity index (χ0) is 51.1.